The summed E-state index contributed by atoms with van der Waals surface area (Å²) in [5.74, 6) is -0.481. The Balaban J connectivity index is 1.42. The van der Waals surface area contributed by atoms with Gasteiger partial charge in [0.25, 0.3) is 5.91 Å². The van der Waals surface area contributed by atoms with E-state index in [1.165, 1.54) is 12.1 Å². The topological polar surface area (TPSA) is 133 Å². The van der Waals surface area contributed by atoms with Crippen molar-refractivity contribution in [3.05, 3.63) is 82.4 Å². The van der Waals surface area contributed by atoms with Gasteiger partial charge in [0.1, 0.15) is 29.2 Å². The van der Waals surface area contributed by atoms with E-state index in [9.17, 15) is 23.9 Å². The summed E-state index contributed by atoms with van der Waals surface area (Å²) in [6.45, 7) is 3.72. The zero-order chi connectivity index (χ0) is 26.5. The molecular weight excluding hydrogens is 479 g/mol. The number of amides is 2. The summed E-state index contributed by atoms with van der Waals surface area (Å²) >= 11 is 0. The zero-order valence-electron chi connectivity index (χ0n) is 20.4. The molecule has 1 aliphatic rings. The van der Waals surface area contributed by atoms with E-state index in [4.69, 9.17) is 4.42 Å². The Kier molecular flexibility index (Phi) is 7.66. The number of carbonyl (C=O) groups is 3. The maximum atomic E-state index is 13.8. The molecule has 1 aliphatic heterocycles. The Labute approximate surface area is 212 Å². The van der Waals surface area contributed by atoms with E-state index in [0.717, 1.165) is 5.56 Å². The van der Waals surface area contributed by atoms with Crippen LogP contribution in [0.1, 0.15) is 46.2 Å². The van der Waals surface area contributed by atoms with Gasteiger partial charge in [-0.15, -0.1) is 0 Å². The van der Waals surface area contributed by atoms with Crippen LogP contribution in [0, 0.1) is 12.7 Å². The van der Waals surface area contributed by atoms with Crippen LogP contribution < -0.4 is 16.2 Å². The highest BCUT2D eigenvalue weighted by Crippen LogP contribution is 2.24. The third kappa shape index (κ3) is 6.21. The number of rotatable bonds is 9. The maximum absolute atomic E-state index is 13.8. The molecule has 1 fully saturated rings. The number of aliphatic imine (C=N–C) groups is 1. The fraction of sp³-hybridized carbons (Fsp3) is 0.259. The molecule has 1 saturated heterocycles. The van der Waals surface area contributed by atoms with Crippen LogP contribution in [-0.4, -0.2) is 34.8 Å². The molecule has 3 aromatic rings. The monoisotopic (exact) mass is 506 g/mol. The van der Waals surface area contributed by atoms with Crippen LogP contribution in [0.15, 0.2) is 57.9 Å². The highest BCUT2D eigenvalue weighted by Gasteiger charge is 2.24. The molecule has 4 rings (SSSR count). The lowest BCUT2D eigenvalue weighted by atomic mass is 9.98. The summed E-state index contributed by atoms with van der Waals surface area (Å²) in [5, 5.41) is 12.3. The van der Waals surface area contributed by atoms with Gasteiger partial charge in [0, 0.05) is 17.5 Å². The van der Waals surface area contributed by atoms with E-state index in [1.54, 1.807) is 25.1 Å². The average molecular weight is 507 g/mol. The van der Waals surface area contributed by atoms with Crippen LogP contribution in [0.2, 0.25) is 0 Å². The third-order valence-corrected chi connectivity index (χ3v) is 6.03. The first-order valence-electron chi connectivity index (χ1n) is 11.8. The van der Waals surface area contributed by atoms with Crippen LogP contribution in [0.25, 0.3) is 11.3 Å². The molecule has 1 aromatic heterocycles. The number of nitrogens with zero attached hydrogens (tertiary/aromatic N) is 1. The predicted octanol–water partition coefficient (Wildman–Crippen LogP) is 3.31. The number of carboxylic acid groups (broad SMARTS) is 1. The number of aryl methyl sites for hydroxylation is 2. The van der Waals surface area contributed by atoms with E-state index >= 15 is 0 Å². The Morgan fingerprint density at radius 1 is 1.16 bits per heavy atom. The number of amidine groups is 1. The molecular formula is C27H27FN4O5. The summed E-state index contributed by atoms with van der Waals surface area (Å²) in [5.41, 5.74) is 7.96. The second kappa shape index (κ2) is 11.1. The van der Waals surface area contributed by atoms with Crippen molar-refractivity contribution in [2.45, 2.75) is 45.7 Å². The minimum atomic E-state index is -1.17. The highest BCUT2D eigenvalue weighted by molar-refractivity contribution is 6.04. The molecule has 1 atom stereocenters. The number of benzene rings is 2. The average Bonchev–Trinajstić information content (AvgIpc) is 3.51. The lowest BCUT2D eigenvalue weighted by molar-refractivity contribution is -0.139. The van der Waals surface area contributed by atoms with Gasteiger partial charge in [-0.3, -0.25) is 25.4 Å². The van der Waals surface area contributed by atoms with E-state index in [1.807, 2.05) is 25.1 Å². The van der Waals surface area contributed by atoms with Crippen molar-refractivity contribution in [3.8, 4) is 11.3 Å². The van der Waals surface area contributed by atoms with Crippen LogP contribution in [0.5, 0.6) is 0 Å². The van der Waals surface area contributed by atoms with E-state index in [0.29, 0.717) is 46.0 Å². The van der Waals surface area contributed by atoms with Crippen molar-refractivity contribution in [2.24, 2.45) is 4.99 Å². The number of hydrogen-bond acceptors (Lipinski definition) is 5. The van der Waals surface area contributed by atoms with Crippen LogP contribution in [-0.2, 0) is 29.0 Å². The molecule has 0 aliphatic carbocycles. The first-order chi connectivity index (χ1) is 17.7. The van der Waals surface area contributed by atoms with Crippen molar-refractivity contribution < 1.29 is 28.3 Å². The van der Waals surface area contributed by atoms with Crippen LogP contribution in [0.4, 0.5) is 4.39 Å². The van der Waals surface area contributed by atoms with Crippen molar-refractivity contribution in [1.29, 1.82) is 0 Å². The van der Waals surface area contributed by atoms with Gasteiger partial charge in [-0.05, 0) is 54.3 Å². The Morgan fingerprint density at radius 2 is 1.92 bits per heavy atom. The second-order valence-electron chi connectivity index (χ2n) is 8.75. The molecule has 37 heavy (non-hydrogen) atoms. The van der Waals surface area contributed by atoms with Gasteiger partial charge in [-0.2, -0.15) is 0 Å². The van der Waals surface area contributed by atoms with Gasteiger partial charge < -0.3 is 14.8 Å². The van der Waals surface area contributed by atoms with Crippen LogP contribution >= 0.6 is 0 Å². The minimum absolute atomic E-state index is 0.0731. The smallest absolute Gasteiger partial charge is 0.326 e. The van der Waals surface area contributed by atoms with Gasteiger partial charge >= 0.3 is 5.97 Å². The standard InChI is InChI=1S/C27H27FN4O5/c1-3-17-12-19(28)10-15(2)25(17)26(34)30-21(27(35)36)11-16-4-6-18(7-5-16)22-9-8-20(37-22)14-29-23-13-24(33)32-31-23/h4-10,12,21H,3,11,13-14H2,1-2H3,(H,29,31)(H,30,34)(H,32,33)(H,35,36). The number of aliphatic carboxylic acids is 1. The quantitative estimate of drug-likeness (QED) is 0.352. The minimum Gasteiger partial charge on any atom is -0.480 e. The first kappa shape index (κ1) is 25.6. The number of carbonyl (C=O) groups excluding carboxylic acids is 2. The number of hydrazine groups is 1. The van der Waals surface area contributed by atoms with Gasteiger partial charge in [0.15, 0.2) is 0 Å². The van der Waals surface area contributed by atoms with Crippen LogP contribution in [0.3, 0.4) is 0 Å². The molecule has 4 N–H and O–H groups in total. The largest absolute Gasteiger partial charge is 0.480 e. The van der Waals surface area contributed by atoms with Gasteiger partial charge in [0.05, 0.1) is 13.0 Å². The number of halogens is 1. The SMILES string of the molecule is CCc1cc(F)cc(C)c1C(=O)NC(Cc1ccc(-c2ccc(CN=C3CC(=O)NN3)o2)cc1)C(=O)O. The molecule has 1 unspecified atom stereocenters. The molecule has 10 heteroatoms. The Morgan fingerprint density at radius 3 is 2.57 bits per heavy atom. The lowest BCUT2D eigenvalue weighted by Gasteiger charge is -2.17. The lowest BCUT2D eigenvalue weighted by Crippen LogP contribution is -2.42. The zero-order valence-corrected chi connectivity index (χ0v) is 20.4. The van der Waals surface area contributed by atoms with Gasteiger partial charge in [-0.25, -0.2) is 9.18 Å². The third-order valence-electron chi connectivity index (χ3n) is 6.03. The number of carboxylic acids is 1. The summed E-state index contributed by atoms with van der Waals surface area (Å²) < 4.78 is 19.6. The predicted molar refractivity (Wildman–Crippen MR) is 134 cm³/mol. The summed E-state index contributed by atoms with van der Waals surface area (Å²) in [4.78, 5) is 40.3. The second-order valence-corrected chi connectivity index (χ2v) is 8.75. The summed E-state index contributed by atoms with van der Waals surface area (Å²) in [6.07, 6.45) is 0.718. The van der Waals surface area contributed by atoms with E-state index in [2.05, 4.69) is 21.2 Å². The van der Waals surface area contributed by atoms with E-state index in [-0.39, 0.29) is 25.3 Å². The number of furan rings is 1. The van der Waals surface area contributed by atoms with Crippen molar-refractivity contribution >= 4 is 23.6 Å². The molecule has 0 saturated carbocycles. The molecule has 9 nitrogen and oxygen atoms in total. The Hall–Kier alpha value is -4.47. The summed E-state index contributed by atoms with van der Waals surface area (Å²) in [6, 6.07) is 12.2. The Bertz CT molecular complexity index is 1360. The molecule has 192 valence electrons. The number of nitrogens with one attached hydrogen (secondary N) is 3. The summed E-state index contributed by atoms with van der Waals surface area (Å²) in [7, 11) is 0. The molecule has 0 bridgehead atoms. The van der Waals surface area contributed by atoms with Crippen molar-refractivity contribution in [1.82, 2.24) is 16.2 Å². The number of hydrogen-bond donors (Lipinski definition) is 4. The van der Waals surface area contributed by atoms with Gasteiger partial charge in [0.2, 0.25) is 5.91 Å². The van der Waals surface area contributed by atoms with Crippen molar-refractivity contribution in [2.75, 3.05) is 0 Å². The van der Waals surface area contributed by atoms with E-state index < -0.39 is 23.7 Å². The van der Waals surface area contributed by atoms with Crippen molar-refractivity contribution in [3.63, 3.8) is 0 Å². The molecule has 2 amide bonds. The molecule has 0 spiro atoms. The molecule has 2 heterocycles. The first-order valence-corrected chi connectivity index (χ1v) is 11.8. The molecule has 2 aromatic carbocycles. The van der Waals surface area contributed by atoms with Gasteiger partial charge in [-0.1, -0.05) is 31.2 Å². The molecule has 0 radical (unpaired) electrons. The fourth-order valence-corrected chi connectivity index (χ4v) is 4.16. The highest BCUT2D eigenvalue weighted by atomic mass is 19.1. The maximum Gasteiger partial charge on any atom is 0.326 e. The fourth-order valence-electron chi connectivity index (χ4n) is 4.16. The normalized spacial score (nSPS) is 14.8.